The standard InChI is InChI=1S/C11H18O/c1-3-5-10-8-11(12)7-6-9(10)4-2/h6-7,9-10H,3-5,8H2,1-2H3. The average Bonchev–Trinajstić information content (AvgIpc) is 2.05. The zero-order valence-electron chi connectivity index (χ0n) is 8.05. The van der Waals surface area contributed by atoms with Crippen molar-refractivity contribution in [2.75, 3.05) is 0 Å². The molecule has 0 saturated heterocycles. The Hall–Kier alpha value is -0.590. The van der Waals surface area contributed by atoms with Crippen LogP contribution in [0.3, 0.4) is 0 Å². The molecule has 68 valence electrons. The average molecular weight is 166 g/mol. The highest BCUT2D eigenvalue weighted by Gasteiger charge is 2.22. The molecule has 12 heavy (non-hydrogen) atoms. The summed E-state index contributed by atoms with van der Waals surface area (Å²) in [5, 5.41) is 0. The maximum Gasteiger partial charge on any atom is 0.155 e. The SMILES string of the molecule is CCCC1CC(=O)C=CC1CC. The van der Waals surface area contributed by atoms with Crippen molar-refractivity contribution in [3.8, 4) is 0 Å². The fraction of sp³-hybridized carbons (Fsp3) is 0.727. The van der Waals surface area contributed by atoms with Gasteiger partial charge in [0.05, 0.1) is 0 Å². The third-order valence-corrected chi connectivity index (χ3v) is 2.73. The summed E-state index contributed by atoms with van der Waals surface area (Å²) in [6.07, 6.45) is 8.22. The monoisotopic (exact) mass is 166 g/mol. The summed E-state index contributed by atoms with van der Waals surface area (Å²) in [5.74, 6) is 1.60. The van der Waals surface area contributed by atoms with Crippen LogP contribution >= 0.6 is 0 Å². The molecule has 1 heteroatoms. The number of allylic oxidation sites excluding steroid dienone is 2. The van der Waals surface area contributed by atoms with E-state index in [2.05, 4.69) is 19.9 Å². The summed E-state index contributed by atoms with van der Waals surface area (Å²) in [6, 6.07) is 0. The lowest BCUT2D eigenvalue weighted by molar-refractivity contribution is -0.116. The second kappa shape index (κ2) is 4.44. The van der Waals surface area contributed by atoms with E-state index in [0.717, 1.165) is 6.42 Å². The molecular weight excluding hydrogens is 148 g/mol. The van der Waals surface area contributed by atoms with Crippen molar-refractivity contribution in [2.24, 2.45) is 11.8 Å². The molecule has 0 aromatic heterocycles. The van der Waals surface area contributed by atoms with Crippen LogP contribution in [0, 0.1) is 11.8 Å². The number of carbonyl (C=O) groups is 1. The lowest BCUT2D eigenvalue weighted by Gasteiger charge is -2.25. The molecule has 1 aliphatic carbocycles. The first-order valence-corrected chi connectivity index (χ1v) is 4.99. The molecule has 0 aromatic carbocycles. The van der Waals surface area contributed by atoms with Gasteiger partial charge in [0, 0.05) is 6.42 Å². The third-order valence-electron chi connectivity index (χ3n) is 2.73. The normalized spacial score (nSPS) is 29.3. The summed E-state index contributed by atoms with van der Waals surface area (Å²) in [5.41, 5.74) is 0. The molecule has 1 rings (SSSR count). The van der Waals surface area contributed by atoms with Crippen LogP contribution in [0.5, 0.6) is 0 Å². The minimum Gasteiger partial charge on any atom is -0.295 e. The van der Waals surface area contributed by atoms with E-state index in [1.165, 1.54) is 19.3 Å². The molecule has 0 spiro atoms. The van der Waals surface area contributed by atoms with Crippen molar-refractivity contribution >= 4 is 5.78 Å². The van der Waals surface area contributed by atoms with Gasteiger partial charge in [0.25, 0.3) is 0 Å². The van der Waals surface area contributed by atoms with Crippen molar-refractivity contribution < 1.29 is 4.79 Å². The second-order valence-corrected chi connectivity index (χ2v) is 3.65. The predicted octanol–water partition coefficient (Wildman–Crippen LogP) is 2.96. The van der Waals surface area contributed by atoms with Gasteiger partial charge in [-0.25, -0.2) is 0 Å². The quantitative estimate of drug-likeness (QED) is 0.630. The van der Waals surface area contributed by atoms with Crippen molar-refractivity contribution in [1.29, 1.82) is 0 Å². The largest absolute Gasteiger partial charge is 0.295 e. The summed E-state index contributed by atoms with van der Waals surface area (Å²) in [7, 11) is 0. The Kier molecular flexibility index (Phi) is 3.51. The predicted molar refractivity (Wildman–Crippen MR) is 50.9 cm³/mol. The van der Waals surface area contributed by atoms with Crippen LogP contribution in [0.25, 0.3) is 0 Å². The van der Waals surface area contributed by atoms with Gasteiger partial charge in [0.1, 0.15) is 0 Å². The van der Waals surface area contributed by atoms with Crippen molar-refractivity contribution in [1.82, 2.24) is 0 Å². The van der Waals surface area contributed by atoms with Gasteiger partial charge in [-0.15, -0.1) is 0 Å². The van der Waals surface area contributed by atoms with E-state index >= 15 is 0 Å². The van der Waals surface area contributed by atoms with Gasteiger partial charge in [0.15, 0.2) is 5.78 Å². The highest BCUT2D eigenvalue weighted by atomic mass is 16.1. The highest BCUT2D eigenvalue weighted by molar-refractivity contribution is 5.90. The van der Waals surface area contributed by atoms with Crippen LogP contribution in [0.15, 0.2) is 12.2 Å². The summed E-state index contributed by atoms with van der Waals surface area (Å²) >= 11 is 0. The van der Waals surface area contributed by atoms with Crippen LogP contribution in [-0.4, -0.2) is 5.78 Å². The summed E-state index contributed by atoms with van der Waals surface area (Å²) in [6.45, 7) is 4.39. The first-order chi connectivity index (χ1) is 5.77. The van der Waals surface area contributed by atoms with Gasteiger partial charge < -0.3 is 0 Å². The topological polar surface area (TPSA) is 17.1 Å². The van der Waals surface area contributed by atoms with Crippen molar-refractivity contribution in [2.45, 2.75) is 39.5 Å². The molecule has 0 bridgehead atoms. The lowest BCUT2D eigenvalue weighted by Crippen LogP contribution is -2.19. The zero-order valence-corrected chi connectivity index (χ0v) is 8.05. The molecule has 0 aromatic rings. The molecule has 0 N–H and O–H groups in total. The van der Waals surface area contributed by atoms with Gasteiger partial charge in [-0.05, 0) is 30.8 Å². The molecule has 0 heterocycles. The molecule has 0 fully saturated rings. The number of hydrogen-bond donors (Lipinski definition) is 0. The molecule has 2 unspecified atom stereocenters. The number of hydrogen-bond acceptors (Lipinski definition) is 1. The Morgan fingerprint density at radius 1 is 1.50 bits per heavy atom. The van der Waals surface area contributed by atoms with Gasteiger partial charge in [-0.3, -0.25) is 4.79 Å². The van der Waals surface area contributed by atoms with Crippen molar-refractivity contribution in [3.63, 3.8) is 0 Å². The molecule has 0 saturated carbocycles. The van der Waals surface area contributed by atoms with Crippen LogP contribution in [0.4, 0.5) is 0 Å². The molecule has 0 radical (unpaired) electrons. The third kappa shape index (κ3) is 2.20. The van der Waals surface area contributed by atoms with E-state index in [0.29, 0.717) is 17.6 Å². The molecule has 0 aliphatic heterocycles. The minimum atomic E-state index is 0.318. The Labute approximate surface area is 74.9 Å². The van der Waals surface area contributed by atoms with Crippen LogP contribution in [-0.2, 0) is 4.79 Å². The Bertz CT molecular complexity index is 181. The molecule has 1 nitrogen and oxygen atoms in total. The first kappa shape index (κ1) is 9.50. The fourth-order valence-corrected chi connectivity index (χ4v) is 2.02. The van der Waals surface area contributed by atoms with E-state index in [1.807, 2.05) is 0 Å². The smallest absolute Gasteiger partial charge is 0.155 e. The maximum absolute atomic E-state index is 11.1. The highest BCUT2D eigenvalue weighted by Crippen LogP contribution is 2.29. The lowest BCUT2D eigenvalue weighted by atomic mass is 9.79. The number of ketones is 1. The van der Waals surface area contributed by atoms with Crippen molar-refractivity contribution in [3.05, 3.63) is 12.2 Å². The number of carbonyl (C=O) groups excluding carboxylic acids is 1. The van der Waals surface area contributed by atoms with Gasteiger partial charge in [-0.1, -0.05) is 26.3 Å². The van der Waals surface area contributed by atoms with E-state index in [-0.39, 0.29) is 0 Å². The van der Waals surface area contributed by atoms with Crippen LogP contribution in [0.2, 0.25) is 0 Å². The zero-order chi connectivity index (χ0) is 8.97. The maximum atomic E-state index is 11.1. The Morgan fingerprint density at radius 3 is 2.83 bits per heavy atom. The Balaban J connectivity index is 2.58. The van der Waals surface area contributed by atoms with Gasteiger partial charge in [0.2, 0.25) is 0 Å². The van der Waals surface area contributed by atoms with E-state index < -0.39 is 0 Å². The summed E-state index contributed by atoms with van der Waals surface area (Å²) < 4.78 is 0. The molecular formula is C11H18O. The second-order valence-electron chi connectivity index (χ2n) is 3.65. The van der Waals surface area contributed by atoms with E-state index in [4.69, 9.17) is 0 Å². The fourth-order valence-electron chi connectivity index (χ4n) is 2.02. The number of rotatable bonds is 3. The Morgan fingerprint density at radius 2 is 2.25 bits per heavy atom. The van der Waals surface area contributed by atoms with Crippen LogP contribution in [0.1, 0.15) is 39.5 Å². The van der Waals surface area contributed by atoms with E-state index in [9.17, 15) is 4.79 Å². The minimum absolute atomic E-state index is 0.318. The van der Waals surface area contributed by atoms with E-state index in [1.54, 1.807) is 6.08 Å². The molecule has 1 aliphatic rings. The van der Waals surface area contributed by atoms with Crippen LogP contribution < -0.4 is 0 Å². The van der Waals surface area contributed by atoms with Gasteiger partial charge in [-0.2, -0.15) is 0 Å². The molecule has 0 amide bonds. The molecule has 2 atom stereocenters. The first-order valence-electron chi connectivity index (χ1n) is 4.99. The summed E-state index contributed by atoms with van der Waals surface area (Å²) in [4.78, 5) is 11.1. The van der Waals surface area contributed by atoms with Gasteiger partial charge >= 0.3 is 0 Å².